The number of nitrogens with zero attached hydrogens (tertiary/aromatic N) is 2. The van der Waals surface area contributed by atoms with Gasteiger partial charge < -0.3 is 12.9 Å². The minimum absolute atomic E-state index is 0.256. The van der Waals surface area contributed by atoms with Gasteiger partial charge in [-0.15, -0.1) is 0 Å². The lowest BCUT2D eigenvalue weighted by atomic mass is 9.83. The summed E-state index contributed by atoms with van der Waals surface area (Å²) in [4.78, 5) is 0. The van der Waals surface area contributed by atoms with E-state index >= 15 is 0 Å². The van der Waals surface area contributed by atoms with Crippen LogP contribution in [0.2, 0.25) is 0 Å². The standard InChI is InChI=1S/C9H6BF4N2/c11-9-8(10(12,13)14)6-15-16(9)7-4-2-1-3-5-7/h1-6H/q-1. The third-order valence-corrected chi connectivity index (χ3v) is 2.09. The van der Waals surface area contributed by atoms with Gasteiger partial charge in [0.2, 0.25) is 0 Å². The van der Waals surface area contributed by atoms with Crippen molar-refractivity contribution in [3.8, 4) is 5.69 Å². The van der Waals surface area contributed by atoms with Crippen LogP contribution < -0.4 is 5.46 Å². The van der Waals surface area contributed by atoms with E-state index in [1.807, 2.05) is 0 Å². The summed E-state index contributed by atoms with van der Waals surface area (Å²) in [6, 6.07) is 7.82. The van der Waals surface area contributed by atoms with Crippen LogP contribution in [0.15, 0.2) is 36.5 Å². The molecule has 1 aromatic heterocycles. The molecule has 0 fully saturated rings. The van der Waals surface area contributed by atoms with Crippen molar-refractivity contribution in [2.75, 3.05) is 0 Å². The Bertz CT molecular complexity index is 492. The van der Waals surface area contributed by atoms with Crippen LogP contribution in [0.3, 0.4) is 0 Å². The average Bonchev–Trinajstić information content (AvgIpc) is 2.61. The summed E-state index contributed by atoms with van der Waals surface area (Å²) in [6.07, 6.45) is 0.502. The third kappa shape index (κ3) is 1.80. The van der Waals surface area contributed by atoms with E-state index in [4.69, 9.17) is 0 Å². The number of hydrogen-bond donors (Lipinski definition) is 0. The molecule has 2 rings (SSSR count). The molecule has 0 saturated carbocycles. The third-order valence-electron chi connectivity index (χ3n) is 2.09. The van der Waals surface area contributed by atoms with E-state index in [-0.39, 0.29) is 5.69 Å². The number of aromatic nitrogens is 2. The molecule has 1 aromatic carbocycles. The molecule has 0 aliphatic carbocycles. The Balaban J connectivity index is 2.50. The van der Waals surface area contributed by atoms with Gasteiger partial charge in [0.1, 0.15) is 0 Å². The van der Waals surface area contributed by atoms with E-state index in [9.17, 15) is 17.3 Å². The number of hydrogen-bond acceptors (Lipinski definition) is 1. The van der Waals surface area contributed by atoms with Crippen molar-refractivity contribution in [3.63, 3.8) is 0 Å². The van der Waals surface area contributed by atoms with Crippen molar-refractivity contribution in [3.05, 3.63) is 42.5 Å². The molecule has 0 unspecified atom stereocenters. The van der Waals surface area contributed by atoms with Crippen molar-refractivity contribution < 1.29 is 17.3 Å². The Kier molecular flexibility index (Phi) is 2.45. The summed E-state index contributed by atoms with van der Waals surface area (Å²) < 4.78 is 51.1. The van der Waals surface area contributed by atoms with E-state index < -0.39 is 18.4 Å². The summed E-state index contributed by atoms with van der Waals surface area (Å²) in [7, 11) is 0. The number of para-hydroxylation sites is 1. The lowest BCUT2D eigenvalue weighted by Gasteiger charge is -2.11. The molecule has 1 heterocycles. The average molecular weight is 229 g/mol. The smallest absolute Gasteiger partial charge is 0.445 e. The van der Waals surface area contributed by atoms with Crippen molar-refractivity contribution in [1.82, 2.24) is 9.78 Å². The second-order valence-corrected chi connectivity index (χ2v) is 3.21. The molecule has 84 valence electrons. The van der Waals surface area contributed by atoms with Gasteiger partial charge in [-0.1, -0.05) is 18.2 Å². The summed E-state index contributed by atoms with van der Waals surface area (Å²) >= 11 is 0. The fourth-order valence-electron chi connectivity index (χ4n) is 1.31. The van der Waals surface area contributed by atoms with E-state index in [0.29, 0.717) is 10.9 Å². The molecule has 16 heavy (non-hydrogen) atoms. The normalized spacial score (nSPS) is 11.8. The topological polar surface area (TPSA) is 17.8 Å². The van der Waals surface area contributed by atoms with Gasteiger partial charge in [0.05, 0.1) is 5.69 Å². The molecule has 2 aromatic rings. The van der Waals surface area contributed by atoms with Gasteiger partial charge in [-0.3, -0.25) is 0 Å². The minimum Gasteiger partial charge on any atom is -0.445 e. The largest absolute Gasteiger partial charge is 0.515 e. The molecule has 0 aliphatic rings. The zero-order valence-corrected chi connectivity index (χ0v) is 7.95. The van der Waals surface area contributed by atoms with Crippen molar-refractivity contribution in [2.24, 2.45) is 0 Å². The maximum atomic E-state index is 13.4. The van der Waals surface area contributed by atoms with Gasteiger partial charge in [0.15, 0.2) is 5.95 Å². The summed E-state index contributed by atoms with van der Waals surface area (Å²) in [5.41, 5.74) is -1.05. The summed E-state index contributed by atoms with van der Waals surface area (Å²) in [6.45, 7) is -5.37. The fourth-order valence-corrected chi connectivity index (χ4v) is 1.31. The van der Waals surface area contributed by atoms with Gasteiger partial charge in [-0.25, -0.2) is 4.68 Å². The van der Waals surface area contributed by atoms with Crippen molar-refractivity contribution in [2.45, 2.75) is 0 Å². The molecular formula is C9H6BF4N2-. The van der Waals surface area contributed by atoms with Crippen LogP contribution in [0, 0.1) is 5.95 Å². The molecule has 0 spiro atoms. The zero-order valence-electron chi connectivity index (χ0n) is 7.95. The van der Waals surface area contributed by atoms with E-state index in [2.05, 4.69) is 5.10 Å². The SMILES string of the molecule is Fc1c([B-](F)(F)F)cnn1-c1ccccc1. The van der Waals surface area contributed by atoms with Crippen molar-refractivity contribution >= 4 is 12.4 Å². The Morgan fingerprint density at radius 1 is 1.06 bits per heavy atom. The van der Waals surface area contributed by atoms with Gasteiger partial charge in [0, 0.05) is 6.20 Å². The highest BCUT2D eigenvalue weighted by Gasteiger charge is 2.32. The molecule has 0 amide bonds. The van der Waals surface area contributed by atoms with Gasteiger partial charge >= 0.3 is 6.98 Å². The quantitative estimate of drug-likeness (QED) is 0.569. The second-order valence-electron chi connectivity index (χ2n) is 3.21. The van der Waals surface area contributed by atoms with E-state index in [0.717, 1.165) is 0 Å². The number of rotatable bonds is 2. The molecule has 0 bridgehead atoms. The zero-order chi connectivity index (χ0) is 11.8. The maximum Gasteiger partial charge on any atom is 0.515 e. The second kappa shape index (κ2) is 3.66. The van der Waals surface area contributed by atoms with Crippen molar-refractivity contribution in [1.29, 1.82) is 0 Å². The van der Waals surface area contributed by atoms with Crippen LogP contribution in [0.25, 0.3) is 5.69 Å². The fraction of sp³-hybridized carbons (Fsp3) is 0. The molecular weight excluding hydrogens is 223 g/mol. The van der Waals surface area contributed by atoms with Crippen LogP contribution >= 0.6 is 0 Å². The Morgan fingerprint density at radius 3 is 2.19 bits per heavy atom. The molecule has 0 saturated heterocycles. The lowest BCUT2D eigenvalue weighted by Crippen LogP contribution is -2.35. The van der Waals surface area contributed by atoms with Gasteiger partial charge in [0.25, 0.3) is 0 Å². The van der Waals surface area contributed by atoms with Crippen LogP contribution in [0.1, 0.15) is 0 Å². The van der Waals surface area contributed by atoms with Crippen LogP contribution in [0.5, 0.6) is 0 Å². The summed E-state index contributed by atoms with van der Waals surface area (Å²) in [5, 5.41) is 3.39. The summed E-state index contributed by atoms with van der Waals surface area (Å²) in [5.74, 6) is -1.38. The Hall–Kier alpha value is -1.79. The molecule has 2 nitrogen and oxygen atoms in total. The van der Waals surface area contributed by atoms with Crippen LogP contribution in [0.4, 0.5) is 17.3 Å². The predicted molar refractivity (Wildman–Crippen MR) is 52.2 cm³/mol. The van der Waals surface area contributed by atoms with Crippen LogP contribution in [-0.4, -0.2) is 16.8 Å². The Morgan fingerprint density at radius 2 is 1.69 bits per heavy atom. The highest BCUT2D eigenvalue weighted by atomic mass is 19.4. The lowest BCUT2D eigenvalue weighted by molar-refractivity contribution is 0.487. The first-order valence-corrected chi connectivity index (χ1v) is 4.49. The monoisotopic (exact) mass is 229 g/mol. The predicted octanol–water partition coefficient (Wildman–Crippen LogP) is 2.07. The maximum absolute atomic E-state index is 13.4. The molecule has 0 aliphatic heterocycles. The number of benzene rings is 1. The molecule has 0 atom stereocenters. The first-order chi connectivity index (χ1) is 7.50. The van der Waals surface area contributed by atoms with Gasteiger partial charge in [-0.05, 0) is 17.6 Å². The van der Waals surface area contributed by atoms with E-state index in [1.54, 1.807) is 18.2 Å². The highest BCUT2D eigenvalue weighted by Crippen LogP contribution is 2.14. The first-order valence-electron chi connectivity index (χ1n) is 4.49. The van der Waals surface area contributed by atoms with Crippen LogP contribution in [-0.2, 0) is 0 Å². The Labute approximate surface area is 88.6 Å². The number of halogens is 4. The van der Waals surface area contributed by atoms with E-state index in [1.165, 1.54) is 12.1 Å². The van der Waals surface area contributed by atoms with Gasteiger partial charge in [-0.2, -0.15) is 9.49 Å². The molecule has 7 heteroatoms. The minimum atomic E-state index is -5.37. The molecule has 0 N–H and O–H groups in total. The first kappa shape index (κ1) is 10.7. The highest BCUT2D eigenvalue weighted by molar-refractivity contribution is 6.73. The molecule has 0 radical (unpaired) electrons.